The Balaban J connectivity index is 1.82. The van der Waals surface area contributed by atoms with Crippen LogP contribution in [0.1, 0.15) is 19.3 Å². The molecule has 2 rings (SSSR count). The first kappa shape index (κ1) is 12.2. The van der Waals surface area contributed by atoms with E-state index in [4.69, 9.17) is 5.73 Å². The molecule has 0 amide bonds. The maximum absolute atomic E-state index is 5.74. The second kappa shape index (κ2) is 5.92. The lowest BCUT2D eigenvalue weighted by Crippen LogP contribution is -2.36. The summed E-state index contributed by atoms with van der Waals surface area (Å²) < 4.78 is 0. The largest absolute Gasteiger partial charge is 0.398 e. The van der Waals surface area contributed by atoms with Crippen LogP contribution in [0.4, 0.5) is 11.4 Å². The fourth-order valence-electron chi connectivity index (χ4n) is 2.31. The normalized spacial score (nSPS) is 17.0. The van der Waals surface area contributed by atoms with Crippen LogP contribution < -0.4 is 10.6 Å². The zero-order chi connectivity index (χ0) is 12.1. The van der Waals surface area contributed by atoms with Crippen molar-refractivity contribution in [1.29, 1.82) is 0 Å². The topological polar surface area (TPSA) is 32.5 Å². The summed E-state index contributed by atoms with van der Waals surface area (Å²) in [6.45, 7) is 4.73. The van der Waals surface area contributed by atoms with Crippen molar-refractivity contribution >= 4 is 11.4 Å². The molecule has 1 saturated heterocycles. The van der Waals surface area contributed by atoms with Gasteiger partial charge in [0.05, 0.1) is 0 Å². The molecule has 0 bridgehead atoms. The van der Waals surface area contributed by atoms with E-state index in [9.17, 15) is 0 Å². The quantitative estimate of drug-likeness (QED) is 0.806. The number of nitrogens with two attached hydrogens (primary N) is 1. The fraction of sp³-hybridized carbons (Fsp3) is 0.571. The highest BCUT2D eigenvalue weighted by Gasteiger charge is 2.10. The average molecular weight is 232 g/mol. The predicted molar refractivity (Wildman–Crippen MR) is 73.3 cm³/mol. The summed E-state index contributed by atoms with van der Waals surface area (Å²) in [6, 6.07) is 8.91. The van der Waals surface area contributed by atoms with Crippen molar-refractivity contribution in [1.82, 2.24) is 4.90 Å². The van der Waals surface area contributed by atoms with Gasteiger partial charge in [-0.2, -0.15) is 0 Å². The number of hydrogen-bond acceptors (Lipinski definition) is 3. The number of likely N-dealkylation sites (tertiary alicyclic amines) is 1. The van der Waals surface area contributed by atoms with Crippen LogP contribution >= 0.6 is 0 Å². The van der Waals surface area contributed by atoms with Gasteiger partial charge in [-0.15, -0.1) is 0 Å². The maximum Gasteiger partial charge on any atom is 0.0415 e. The van der Waals surface area contributed by atoms with Crippen LogP contribution in [0.5, 0.6) is 0 Å². The first-order valence-corrected chi connectivity index (χ1v) is 6.46. The molecule has 1 radical (unpaired) electrons. The van der Waals surface area contributed by atoms with Gasteiger partial charge in [0.15, 0.2) is 0 Å². The lowest BCUT2D eigenvalue weighted by Gasteiger charge is -2.29. The number of nitrogen functional groups attached to an aromatic ring is 1. The van der Waals surface area contributed by atoms with Crippen LogP contribution in [0.3, 0.4) is 0 Å². The monoisotopic (exact) mass is 232 g/mol. The van der Waals surface area contributed by atoms with Gasteiger partial charge >= 0.3 is 0 Å². The van der Waals surface area contributed by atoms with E-state index < -0.39 is 0 Å². The first-order chi connectivity index (χ1) is 8.25. The average Bonchev–Trinajstić information content (AvgIpc) is 2.37. The van der Waals surface area contributed by atoms with Crippen molar-refractivity contribution < 1.29 is 0 Å². The summed E-state index contributed by atoms with van der Waals surface area (Å²) >= 11 is 0. The highest BCUT2D eigenvalue weighted by Crippen LogP contribution is 2.15. The molecule has 3 heteroatoms. The lowest BCUT2D eigenvalue weighted by molar-refractivity contribution is 0.234. The molecule has 0 aliphatic carbocycles. The Morgan fingerprint density at radius 2 is 2.12 bits per heavy atom. The molecular weight excluding hydrogens is 210 g/mol. The van der Waals surface area contributed by atoms with Gasteiger partial charge in [-0.25, -0.2) is 0 Å². The number of rotatable bonds is 4. The second-order valence-electron chi connectivity index (χ2n) is 4.83. The summed E-state index contributed by atoms with van der Waals surface area (Å²) in [4.78, 5) is 4.82. The number of hydrogen-bond donors (Lipinski definition) is 1. The minimum absolute atomic E-state index is 0.715. The van der Waals surface area contributed by atoms with Crippen LogP contribution in [0.2, 0.25) is 0 Å². The Morgan fingerprint density at radius 3 is 2.82 bits per heavy atom. The standard InChI is InChI=1S/C14H22N3/c1-16(14-7-5-6-13(15)12-14)10-11-17-8-3-2-4-9-17/h5,7,12H,2-4,8-11,15H2,1H3. The van der Waals surface area contributed by atoms with Crippen LogP contribution in [0.25, 0.3) is 0 Å². The van der Waals surface area contributed by atoms with Crippen molar-refractivity contribution in [2.75, 3.05) is 43.9 Å². The fourth-order valence-corrected chi connectivity index (χ4v) is 2.31. The summed E-state index contributed by atoms with van der Waals surface area (Å²) in [7, 11) is 2.12. The van der Waals surface area contributed by atoms with E-state index in [0.717, 1.165) is 13.1 Å². The zero-order valence-corrected chi connectivity index (χ0v) is 10.7. The molecule has 0 spiro atoms. The molecule has 1 aliphatic heterocycles. The Bertz CT molecular complexity index is 345. The molecule has 2 N–H and O–H groups in total. The van der Waals surface area contributed by atoms with Crippen molar-refractivity contribution in [3.63, 3.8) is 0 Å². The molecule has 1 aliphatic rings. The van der Waals surface area contributed by atoms with E-state index in [1.165, 1.54) is 38.0 Å². The Labute approximate surface area is 104 Å². The highest BCUT2D eigenvalue weighted by atomic mass is 15.2. The minimum atomic E-state index is 0.715. The van der Waals surface area contributed by atoms with Crippen molar-refractivity contribution in [3.05, 3.63) is 24.3 Å². The Hall–Kier alpha value is -1.22. The van der Waals surface area contributed by atoms with Crippen molar-refractivity contribution in [2.45, 2.75) is 19.3 Å². The van der Waals surface area contributed by atoms with Gasteiger partial charge in [0, 0.05) is 37.6 Å². The van der Waals surface area contributed by atoms with E-state index in [0.29, 0.717) is 5.69 Å². The third-order valence-corrected chi connectivity index (χ3v) is 3.45. The van der Waals surface area contributed by atoms with Crippen LogP contribution in [0.15, 0.2) is 18.2 Å². The third-order valence-electron chi connectivity index (χ3n) is 3.45. The van der Waals surface area contributed by atoms with E-state index in [1.807, 2.05) is 12.1 Å². The van der Waals surface area contributed by atoms with Gasteiger partial charge in [-0.3, -0.25) is 0 Å². The number of nitrogens with zero attached hydrogens (tertiary/aromatic N) is 2. The van der Waals surface area contributed by atoms with Gasteiger partial charge < -0.3 is 15.5 Å². The number of benzene rings is 1. The Kier molecular flexibility index (Phi) is 4.26. The maximum atomic E-state index is 5.74. The summed E-state index contributed by atoms with van der Waals surface area (Å²) in [5.74, 6) is 0. The minimum Gasteiger partial charge on any atom is -0.398 e. The number of anilines is 2. The summed E-state index contributed by atoms with van der Waals surface area (Å²) in [6.07, 6.45) is 4.12. The SMILES string of the molecule is CN(CCN1CCCCC1)c1cc[c]c(N)c1. The van der Waals surface area contributed by atoms with Crippen molar-refractivity contribution in [3.8, 4) is 0 Å². The smallest absolute Gasteiger partial charge is 0.0415 e. The molecule has 0 saturated carbocycles. The molecule has 17 heavy (non-hydrogen) atoms. The molecule has 1 aromatic carbocycles. The van der Waals surface area contributed by atoms with E-state index >= 15 is 0 Å². The van der Waals surface area contributed by atoms with Gasteiger partial charge in [-0.05, 0) is 38.1 Å². The third kappa shape index (κ3) is 3.63. The molecule has 1 fully saturated rings. The van der Waals surface area contributed by atoms with Crippen LogP contribution in [-0.4, -0.2) is 38.1 Å². The molecule has 1 heterocycles. The predicted octanol–water partition coefficient (Wildman–Crippen LogP) is 1.99. The summed E-state index contributed by atoms with van der Waals surface area (Å²) in [5, 5.41) is 0. The lowest BCUT2D eigenvalue weighted by atomic mass is 10.1. The van der Waals surface area contributed by atoms with Gasteiger partial charge in [0.2, 0.25) is 0 Å². The second-order valence-corrected chi connectivity index (χ2v) is 4.83. The molecule has 3 nitrogen and oxygen atoms in total. The van der Waals surface area contributed by atoms with E-state index in [1.54, 1.807) is 0 Å². The van der Waals surface area contributed by atoms with Crippen LogP contribution in [0, 0.1) is 6.07 Å². The zero-order valence-electron chi connectivity index (χ0n) is 10.7. The molecule has 1 aromatic rings. The first-order valence-electron chi connectivity index (χ1n) is 6.46. The molecule has 0 unspecified atom stereocenters. The number of likely N-dealkylation sites (N-methyl/N-ethyl adjacent to an activating group) is 1. The van der Waals surface area contributed by atoms with E-state index in [2.05, 4.69) is 29.0 Å². The molecule has 0 aromatic heterocycles. The highest BCUT2D eigenvalue weighted by molar-refractivity contribution is 5.54. The van der Waals surface area contributed by atoms with Gasteiger partial charge in [0.25, 0.3) is 0 Å². The Morgan fingerprint density at radius 1 is 1.35 bits per heavy atom. The number of piperidine rings is 1. The molecule has 0 atom stereocenters. The van der Waals surface area contributed by atoms with Crippen LogP contribution in [-0.2, 0) is 0 Å². The van der Waals surface area contributed by atoms with Crippen molar-refractivity contribution in [2.24, 2.45) is 0 Å². The summed E-state index contributed by atoms with van der Waals surface area (Å²) in [5.41, 5.74) is 7.64. The molecule has 93 valence electrons. The van der Waals surface area contributed by atoms with Gasteiger partial charge in [0.1, 0.15) is 0 Å². The molecular formula is C14H22N3. The van der Waals surface area contributed by atoms with E-state index in [-0.39, 0.29) is 0 Å². The van der Waals surface area contributed by atoms with Gasteiger partial charge in [-0.1, -0.05) is 12.5 Å².